The van der Waals surface area contributed by atoms with Crippen molar-refractivity contribution < 1.29 is 58.4 Å². The summed E-state index contributed by atoms with van der Waals surface area (Å²) in [6.07, 6.45) is 1.04. The Balaban J connectivity index is 1.91. The van der Waals surface area contributed by atoms with Crippen molar-refractivity contribution in [2.24, 2.45) is 23.2 Å². The van der Waals surface area contributed by atoms with Crippen molar-refractivity contribution in [2.45, 2.75) is 266 Å². The summed E-state index contributed by atoms with van der Waals surface area (Å²) in [6, 6.07) is 0. The van der Waals surface area contributed by atoms with Gasteiger partial charge >= 0.3 is 17.9 Å². The van der Waals surface area contributed by atoms with Gasteiger partial charge in [0.05, 0.1) is 23.7 Å². The molecular weight excluding hydrogens is 847 g/mol. The lowest BCUT2D eigenvalue weighted by Gasteiger charge is -2.58. The van der Waals surface area contributed by atoms with Crippen LogP contribution in [-0.4, -0.2) is 138 Å². The van der Waals surface area contributed by atoms with Gasteiger partial charge in [0, 0.05) is 51.0 Å². The number of ether oxygens (including phenoxy) is 3. The van der Waals surface area contributed by atoms with Crippen LogP contribution in [0.4, 0.5) is 0 Å². The van der Waals surface area contributed by atoms with E-state index in [-0.39, 0.29) is 44.0 Å². The maximum atomic E-state index is 14.0. The largest absolute Gasteiger partial charge is 0.463 e. The second-order valence-corrected chi connectivity index (χ2v) is 22.2. The summed E-state index contributed by atoms with van der Waals surface area (Å²) in [4.78, 5) is 61.5. The second-order valence-electron chi connectivity index (χ2n) is 22.2. The first-order chi connectivity index (χ1) is 30.5. The summed E-state index contributed by atoms with van der Waals surface area (Å²) in [5, 5.41) is 38.9. The number of aliphatic hydroxyl groups excluding tert-OH is 3. The molecule has 66 heavy (non-hydrogen) atoms. The zero-order chi connectivity index (χ0) is 50.6. The average Bonchev–Trinajstić information content (AvgIpc) is 3.30. The topological polar surface area (TPSA) is 177 Å². The highest BCUT2D eigenvalue weighted by atomic mass is 16.7. The van der Waals surface area contributed by atoms with E-state index in [0.29, 0.717) is 57.8 Å². The molecule has 3 aliphatic rings. The number of hydroxylamine groups is 6. The van der Waals surface area contributed by atoms with Gasteiger partial charge in [-0.25, -0.2) is 14.4 Å². The number of carbonyl (C=O) groups excluding carboxylic acids is 3. The Labute approximate surface area is 399 Å². The first-order valence-corrected chi connectivity index (χ1v) is 25.4. The zero-order valence-electron chi connectivity index (χ0n) is 44.7. The van der Waals surface area contributed by atoms with E-state index in [0.717, 1.165) is 0 Å². The second kappa shape index (κ2) is 22.4. The van der Waals surface area contributed by atoms with Crippen molar-refractivity contribution in [3.8, 4) is 0 Å². The molecule has 15 nitrogen and oxygen atoms in total. The fourth-order valence-electron chi connectivity index (χ4n) is 10.8. The molecule has 3 N–H and O–H groups in total. The molecule has 3 rings (SSSR count). The maximum absolute atomic E-state index is 14.0. The molecule has 0 aliphatic carbocycles. The molecule has 0 saturated carbocycles. The summed E-state index contributed by atoms with van der Waals surface area (Å²) in [5.74, 6) is -2.33. The van der Waals surface area contributed by atoms with Gasteiger partial charge in [-0.1, -0.05) is 69.2 Å². The van der Waals surface area contributed by atoms with Crippen molar-refractivity contribution in [2.75, 3.05) is 19.8 Å². The van der Waals surface area contributed by atoms with Gasteiger partial charge in [-0.2, -0.15) is 15.2 Å². The van der Waals surface area contributed by atoms with Crippen LogP contribution in [0.5, 0.6) is 0 Å². The summed E-state index contributed by atoms with van der Waals surface area (Å²) < 4.78 is 18.1. The Morgan fingerprint density at radius 2 is 0.712 bits per heavy atom. The normalized spacial score (nSPS) is 39.4. The smallest absolute Gasteiger partial charge is 0.337 e. The molecule has 0 aromatic rings. The molecule has 0 amide bonds. The minimum absolute atomic E-state index is 0.132. The molecule has 3 aliphatic heterocycles. The lowest BCUT2D eigenvalue weighted by atomic mass is 9.69. The highest BCUT2D eigenvalue weighted by Crippen LogP contribution is 2.49. The van der Waals surface area contributed by atoms with E-state index in [1.54, 1.807) is 20.8 Å². The van der Waals surface area contributed by atoms with Gasteiger partial charge in [0.15, 0.2) is 18.3 Å². The van der Waals surface area contributed by atoms with Crippen LogP contribution in [0, 0.1) is 23.2 Å². The molecular formula is C51H95N3O12. The highest BCUT2D eigenvalue weighted by Gasteiger charge is 2.57. The standard InChI is InChI=1S/C51H95N3O12/c1-20-45(14)27-39(55)33(8)48(17,23-4)52(45)64-36(11)42(58)61-30-51(26-7,31-62-43(59)37(12)65-53-46(15,21-2)28-40(56)34(9)49(53,18)24-5)32-63-44(60)38(13)66-54-47(16,22-3)29-41(57)35(10)50(54,19)25-6/h33-41,55-57H,20-32H2,1-19H3. The molecule has 3 saturated heterocycles. The molecule has 3 heterocycles. The van der Waals surface area contributed by atoms with Crippen LogP contribution in [0.1, 0.15) is 196 Å². The fourth-order valence-corrected chi connectivity index (χ4v) is 10.8. The van der Waals surface area contributed by atoms with Crippen LogP contribution in [0.2, 0.25) is 0 Å². The Kier molecular flexibility index (Phi) is 19.8. The van der Waals surface area contributed by atoms with Gasteiger partial charge in [0.25, 0.3) is 0 Å². The van der Waals surface area contributed by atoms with E-state index in [1.807, 2.05) is 126 Å². The third-order valence-corrected chi connectivity index (χ3v) is 18.0. The van der Waals surface area contributed by atoms with E-state index < -0.39 is 93.2 Å². The third kappa shape index (κ3) is 11.5. The molecule has 15 atom stereocenters. The summed E-state index contributed by atoms with van der Waals surface area (Å²) in [5.41, 5.74) is -4.57. The van der Waals surface area contributed by atoms with Crippen LogP contribution in [0.15, 0.2) is 0 Å². The molecule has 15 unspecified atom stereocenters. The lowest BCUT2D eigenvalue weighted by molar-refractivity contribution is -0.332. The third-order valence-electron chi connectivity index (χ3n) is 18.0. The number of rotatable bonds is 22. The number of nitrogens with zero attached hydrogens (tertiary/aromatic N) is 3. The van der Waals surface area contributed by atoms with Gasteiger partial charge in [0.1, 0.15) is 19.8 Å². The number of hydrogen-bond acceptors (Lipinski definition) is 15. The predicted octanol–water partition coefficient (Wildman–Crippen LogP) is 8.09. The quantitative estimate of drug-likeness (QED) is 0.0701. The van der Waals surface area contributed by atoms with E-state index in [4.69, 9.17) is 28.7 Å². The number of esters is 3. The number of carbonyl (C=O) groups is 3. The summed E-state index contributed by atoms with van der Waals surface area (Å²) in [7, 11) is 0. The molecule has 0 aromatic heterocycles. The van der Waals surface area contributed by atoms with Crippen LogP contribution in [0.25, 0.3) is 0 Å². The molecule has 0 bridgehead atoms. The van der Waals surface area contributed by atoms with Crippen LogP contribution < -0.4 is 0 Å². The van der Waals surface area contributed by atoms with Gasteiger partial charge in [0.2, 0.25) is 0 Å². The number of hydrogen-bond donors (Lipinski definition) is 3. The van der Waals surface area contributed by atoms with Crippen molar-refractivity contribution in [1.82, 2.24) is 15.2 Å². The van der Waals surface area contributed by atoms with Crippen molar-refractivity contribution >= 4 is 17.9 Å². The lowest BCUT2D eigenvalue weighted by Crippen LogP contribution is -2.68. The predicted molar refractivity (Wildman–Crippen MR) is 254 cm³/mol. The van der Waals surface area contributed by atoms with Gasteiger partial charge in [-0.15, -0.1) is 0 Å². The van der Waals surface area contributed by atoms with Gasteiger partial charge < -0.3 is 29.5 Å². The first-order valence-electron chi connectivity index (χ1n) is 25.4. The van der Waals surface area contributed by atoms with Crippen molar-refractivity contribution in [3.63, 3.8) is 0 Å². The van der Waals surface area contributed by atoms with E-state index in [2.05, 4.69) is 0 Å². The zero-order valence-corrected chi connectivity index (χ0v) is 44.7. The van der Waals surface area contributed by atoms with E-state index in [9.17, 15) is 29.7 Å². The van der Waals surface area contributed by atoms with Crippen molar-refractivity contribution in [3.05, 3.63) is 0 Å². The van der Waals surface area contributed by atoms with Crippen LogP contribution >= 0.6 is 0 Å². The molecule has 0 aromatic carbocycles. The SMILES string of the molecule is CCC(COC(=O)C(C)ON1C(C)(CC)CC(O)C(C)C1(C)CC)(COC(=O)C(C)ON1C(C)(CC)CC(O)C(C)C1(C)CC)COC(=O)C(C)ON1C(C)(CC)CC(O)C(C)C1(C)CC. The Hall–Kier alpha value is -1.95. The van der Waals surface area contributed by atoms with Gasteiger partial charge in [-0.05, 0) is 127 Å². The Bertz CT molecular complexity index is 1440. The monoisotopic (exact) mass is 942 g/mol. The minimum Gasteiger partial charge on any atom is -0.463 e. The summed E-state index contributed by atoms with van der Waals surface area (Å²) in [6.45, 7) is 36.5. The molecule has 0 spiro atoms. The molecule has 0 radical (unpaired) electrons. The molecule has 386 valence electrons. The average molecular weight is 942 g/mol. The van der Waals surface area contributed by atoms with E-state index >= 15 is 0 Å². The minimum atomic E-state index is -1.18. The van der Waals surface area contributed by atoms with Crippen LogP contribution in [0.3, 0.4) is 0 Å². The van der Waals surface area contributed by atoms with Gasteiger partial charge in [-0.3, -0.25) is 14.5 Å². The molecule has 3 fully saturated rings. The number of piperidine rings is 3. The van der Waals surface area contributed by atoms with Crippen LogP contribution in [-0.2, 0) is 43.1 Å². The Morgan fingerprint density at radius 3 is 0.894 bits per heavy atom. The molecule has 15 heteroatoms. The summed E-state index contributed by atoms with van der Waals surface area (Å²) >= 11 is 0. The maximum Gasteiger partial charge on any atom is 0.337 e. The van der Waals surface area contributed by atoms with E-state index in [1.165, 1.54) is 0 Å². The van der Waals surface area contributed by atoms with Crippen molar-refractivity contribution in [1.29, 1.82) is 0 Å². The first kappa shape index (κ1) is 58.4. The fraction of sp³-hybridized carbons (Fsp3) is 0.941. The number of aliphatic hydroxyl groups is 3. The Morgan fingerprint density at radius 1 is 0.485 bits per heavy atom. The highest BCUT2D eigenvalue weighted by molar-refractivity contribution is 5.75.